The van der Waals surface area contributed by atoms with E-state index in [1.165, 1.54) is 18.3 Å². The van der Waals surface area contributed by atoms with E-state index in [1.54, 1.807) is 24.3 Å². The summed E-state index contributed by atoms with van der Waals surface area (Å²) in [4.78, 5) is 15.9. The fourth-order valence-electron chi connectivity index (χ4n) is 2.34. The molecule has 8 heteroatoms. The van der Waals surface area contributed by atoms with Gasteiger partial charge in [0.1, 0.15) is 18.0 Å². The first-order chi connectivity index (χ1) is 10.5. The number of ether oxygens (including phenoxy) is 1. The van der Waals surface area contributed by atoms with Crippen molar-refractivity contribution in [1.29, 1.82) is 0 Å². The highest BCUT2D eigenvalue weighted by atomic mass is 16.8. The first kappa shape index (κ1) is 14.1. The molecule has 22 heavy (non-hydrogen) atoms. The molecule has 1 aliphatic heterocycles. The third-order valence-corrected chi connectivity index (χ3v) is 3.46. The van der Waals surface area contributed by atoms with Crippen molar-refractivity contribution in [2.24, 2.45) is 0 Å². The van der Waals surface area contributed by atoms with E-state index in [9.17, 15) is 20.3 Å². The van der Waals surface area contributed by atoms with Gasteiger partial charge in [0.2, 0.25) is 5.54 Å². The van der Waals surface area contributed by atoms with Crippen LogP contribution in [0.25, 0.3) is 0 Å². The van der Waals surface area contributed by atoms with Gasteiger partial charge in [0.25, 0.3) is 0 Å². The third-order valence-electron chi connectivity index (χ3n) is 3.46. The summed E-state index contributed by atoms with van der Waals surface area (Å²) in [6.07, 6.45) is 1.47. The number of hydrogen-bond acceptors (Lipinski definition) is 7. The topological polar surface area (TPSA) is 118 Å². The van der Waals surface area contributed by atoms with E-state index < -0.39 is 11.5 Å². The molecule has 3 rings (SSSR count). The molecule has 0 radical (unpaired) electrons. The molecule has 1 atom stereocenters. The highest BCUT2D eigenvalue weighted by molar-refractivity contribution is 5.89. The fraction of sp³-hybridized carbons (Fsp3) is 0.143. The number of nitrogens with one attached hydrogen (secondary N) is 1. The summed E-state index contributed by atoms with van der Waals surface area (Å²) < 4.78 is 5.49. The monoisotopic (exact) mass is 302 g/mol. The number of carbonyl (C=O) groups is 1. The first-order valence-corrected chi connectivity index (χ1v) is 6.39. The average Bonchev–Trinajstić information content (AvgIpc) is 2.54. The number of benzene rings is 1. The number of anilines is 2. The number of pyridine rings is 1. The van der Waals surface area contributed by atoms with Crippen LogP contribution in [0.5, 0.6) is 5.75 Å². The number of fused-ring (bicyclic) bond motifs is 1. The van der Waals surface area contributed by atoms with E-state index in [0.717, 1.165) is 0 Å². The zero-order chi connectivity index (χ0) is 15.7. The second-order valence-electron chi connectivity index (χ2n) is 4.76. The summed E-state index contributed by atoms with van der Waals surface area (Å²) in [5.41, 5.74) is -1.46. The second-order valence-corrected chi connectivity index (χ2v) is 4.76. The van der Waals surface area contributed by atoms with Crippen LogP contribution in [-0.2, 0) is 10.3 Å². The average molecular weight is 302 g/mol. The number of aliphatic carboxylic acids is 1. The van der Waals surface area contributed by atoms with Gasteiger partial charge in [-0.3, -0.25) is 10.2 Å². The molecule has 0 amide bonds. The Kier molecular flexibility index (Phi) is 3.32. The van der Waals surface area contributed by atoms with Crippen molar-refractivity contribution >= 4 is 17.3 Å². The highest BCUT2D eigenvalue weighted by Gasteiger charge is 2.46. The summed E-state index contributed by atoms with van der Waals surface area (Å²) in [6, 6.07) is 9.30. The van der Waals surface area contributed by atoms with Gasteiger partial charge < -0.3 is 25.6 Å². The Morgan fingerprint density at radius 3 is 2.82 bits per heavy atom. The molecule has 2 heterocycles. The molecular weight excluding hydrogens is 290 g/mol. The lowest BCUT2D eigenvalue weighted by Crippen LogP contribution is -2.51. The number of para-hydroxylation sites is 1. The van der Waals surface area contributed by atoms with Gasteiger partial charge in [-0.2, -0.15) is 0 Å². The van der Waals surface area contributed by atoms with Gasteiger partial charge in [0.05, 0.1) is 11.4 Å². The lowest BCUT2D eigenvalue weighted by molar-refractivity contribution is -0.144. The first-order valence-electron chi connectivity index (χ1n) is 6.39. The van der Waals surface area contributed by atoms with E-state index in [0.29, 0.717) is 0 Å². The number of hydrogen-bond donors (Lipinski definition) is 3. The Bertz CT molecular complexity index is 707. The van der Waals surface area contributed by atoms with Gasteiger partial charge in [-0.1, -0.05) is 12.1 Å². The molecule has 3 N–H and O–H groups in total. The zero-order valence-electron chi connectivity index (χ0n) is 11.3. The van der Waals surface area contributed by atoms with Crippen molar-refractivity contribution in [2.45, 2.75) is 5.54 Å². The van der Waals surface area contributed by atoms with Crippen LogP contribution >= 0.6 is 0 Å². The number of carboxylic acids is 1. The Morgan fingerprint density at radius 1 is 1.36 bits per heavy atom. The predicted octanol–water partition coefficient (Wildman–Crippen LogP) is 1.56. The minimum absolute atomic E-state index is 0.0966. The summed E-state index contributed by atoms with van der Waals surface area (Å²) in [5, 5.41) is 32.5. The van der Waals surface area contributed by atoms with Gasteiger partial charge in [0.15, 0.2) is 0 Å². The van der Waals surface area contributed by atoms with Crippen LogP contribution in [0.1, 0.15) is 5.69 Å². The number of carboxylic acid groups (broad SMARTS) is 1. The van der Waals surface area contributed by atoms with E-state index in [2.05, 4.69) is 10.3 Å². The van der Waals surface area contributed by atoms with Crippen molar-refractivity contribution in [1.82, 2.24) is 4.98 Å². The van der Waals surface area contributed by atoms with Gasteiger partial charge in [0, 0.05) is 6.20 Å². The van der Waals surface area contributed by atoms with E-state index in [1.807, 2.05) is 0 Å². The molecule has 0 saturated carbocycles. The Morgan fingerprint density at radius 2 is 2.18 bits per heavy atom. The fourth-order valence-corrected chi connectivity index (χ4v) is 2.34. The van der Waals surface area contributed by atoms with Crippen molar-refractivity contribution in [3.8, 4) is 5.75 Å². The molecule has 8 nitrogen and oxygen atoms in total. The lowest BCUT2D eigenvalue weighted by atomic mass is 9.93. The minimum Gasteiger partial charge on any atom is -0.733 e. The normalized spacial score (nSPS) is 19.5. The van der Waals surface area contributed by atoms with Crippen LogP contribution in [0.15, 0.2) is 42.6 Å². The smallest absolute Gasteiger partial charge is 0.339 e. The van der Waals surface area contributed by atoms with E-state index in [4.69, 9.17) is 4.74 Å². The molecule has 1 aromatic carbocycles. The van der Waals surface area contributed by atoms with Gasteiger partial charge in [-0.25, -0.2) is 4.79 Å². The van der Waals surface area contributed by atoms with Gasteiger partial charge in [-0.05, 0) is 24.3 Å². The third kappa shape index (κ3) is 2.10. The summed E-state index contributed by atoms with van der Waals surface area (Å²) >= 11 is 0. The van der Waals surface area contributed by atoms with Gasteiger partial charge in [-0.15, -0.1) is 0 Å². The van der Waals surface area contributed by atoms with Crippen LogP contribution in [0.2, 0.25) is 0 Å². The molecule has 1 unspecified atom stereocenters. The number of nitrogens with zero attached hydrogens (tertiary/aromatic N) is 2. The molecule has 1 aromatic heterocycles. The zero-order valence-corrected chi connectivity index (χ0v) is 11.3. The largest absolute Gasteiger partial charge is 0.733 e. The van der Waals surface area contributed by atoms with E-state index >= 15 is 0 Å². The molecule has 0 aliphatic carbocycles. The molecule has 1 aliphatic rings. The Balaban J connectivity index is 2.13. The highest BCUT2D eigenvalue weighted by Crippen LogP contribution is 2.42. The number of rotatable bonds is 3. The van der Waals surface area contributed by atoms with Crippen LogP contribution < -0.4 is 15.3 Å². The van der Waals surface area contributed by atoms with Crippen LogP contribution in [0.4, 0.5) is 11.4 Å². The molecule has 0 bridgehead atoms. The Labute approximate surface area is 125 Å². The molecule has 0 fully saturated rings. The second kappa shape index (κ2) is 5.17. The maximum atomic E-state index is 11.8. The maximum Gasteiger partial charge on any atom is 0.339 e. The van der Waals surface area contributed by atoms with Crippen LogP contribution in [0.3, 0.4) is 0 Å². The summed E-state index contributed by atoms with van der Waals surface area (Å²) in [6.45, 7) is -0.208. The number of aromatic nitrogens is 1. The quantitative estimate of drug-likeness (QED) is 0.731. The van der Waals surface area contributed by atoms with Crippen molar-refractivity contribution in [2.75, 3.05) is 17.2 Å². The van der Waals surface area contributed by atoms with Crippen molar-refractivity contribution in [3.63, 3.8) is 0 Å². The van der Waals surface area contributed by atoms with Crippen molar-refractivity contribution in [3.05, 3.63) is 53.5 Å². The molecule has 114 valence electrons. The van der Waals surface area contributed by atoms with Crippen LogP contribution in [-0.4, -0.2) is 27.9 Å². The van der Waals surface area contributed by atoms with Gasteiger partial charge >= 0.3 is 5.97 Å². The summed E-state index contributed by atoms with van der Waals surface area (Å²) in [7, 11) is 0. The lowest BCUT2D eigenvalue weighted by Gasteiger charge is -2.38. The van der Waals surface area contributed by atoms with E-state index in [-0.39, 0.29) is 34.7 Å². The SMILES string of the molecule is O=C(O)C1(c2ccccn2)COc2cccc(N([O-])O)c2N1. The molecule has 2 aromatic rings. The summed E-state index contributed by atoms with van der Waals surface area (Å²) in [5.74, 6) is -0.928. The maximum absolute atomic E-state index is 11.8. The standard InChI is InChI=1S/C14H12N3O5/c18-13(19)14(11-6-1-2-7-15-11)8-22-10-5-3-4-9(17(20)21)12(10)16-14/h1-7,16,20H,8H2,(H,18,19)/q-1. The molecular formula is C14H12N3O5-. The van der Waals surface area contributed by atoms with Crippen LogP contribution in [0, 0.1) is 5.21 Å². The predicted molar refractivity (Wildman–Crippen MR) is 76.7 cm³/mol. The van der Waals surface area contributed by atoms with Crippen molar-refractivity contribution < 1.29 is 19.8 Å². The minimum atomic E-state index is -1.65. The Hall–Kier alpha value is -2.84. The molecule has 0 saturated heterocycles. The molecule has 0 spiro atoms.